The van der Waals surface area contributed by atoms with Gasteiger partial charge in [0.15, 0.2) is 5.78 Å². The van der Waals surface area contributed by atoms with Crippen molar-refractivity contribution in [2.75, 3.05) is 5.73 Å². The second-order valence-corrected chi connectivity index (χ2v) is 3.68. The zero-order valence-electron chi connectivity index (χ0n) is 9.31. The molecule has 1 aromatic carbocycles. The average Bonchev–Trinajstić information content (AvgIpc) is 2.38. The number of hydrogen-bond donors (Lipinski definition) is 1. The monoisotopic (exact) mass is 248 g/mol. The van der Waals surface area contributed by atoms with E-state index in [0.29, 0.717) is 0 Å². The van der Waals surface area contributed by atoms with Crippen molar-refractivity contribution in [3.8, 4) is 0 Å². The number of nitrogens with zero attached hydrogens (tertiary/aromatic N) is 1. The summed E-state index contributed by atoms with van der Waals surface area (Å²) in [6, 6.07) is 7.10. The number of hydrogen-bond acceptors (Lipinski definition) is 3. The molecule has 0 aliphatic rings. The molecule has 18 heavy (non-hydrogen) atoms. The number of ketones is 1. The normalized spacial score (nSPS) is 10.6. The maximum atomic E-state index is 12.9. The zero-order valence-corrected chi connectivity index (χ0v) is 9.31. The molecular formula is C13H10F2N2O. The lowest BCUT2D eigenvalue weighted by molar-refractivity contribution is 0.102. The summed E-state index contributed by atoms with van der Waals surface area (Å²) in [5.74, 6) is -0.545. The van der Waals surface area contributed by atoms with E-state index in [0.717, 1.165) is 0 Å². The lowest BCUT2D eigenvalue weighted by Gasteiger charge is -2.10. The molecule has 0 aliphatic carbocycles. The van der Waals surface area contributed by atoms with Gasteiger partial charge in [-0.15, -0.1) is 0 Å². The van der Waals surface area contributed by atoms with E-state index in [-0.39, 0.29) is 22.4 Å². The first-order valence-corrected chi connectivity index (χ1v) is 5.22. The molecule has 0 bridgehead atoms. The Morgan fingerprint density at radius 1 is 1.22 bits per heavy atom. The highest BCUT2D eigenvalue weighted by molar-refractivity contribution is 6.12. The van der Waals surface area contributed by atoms with Crippen LogP contribution in [0.15, 0.2) is 42.7 Å². The fourth-order valence-electron chi connectivity index (χ4n) is 1.67. The zero-order chi connectivity index (χ0) is 13.1. The van der Waals surface area contributed by atoms with Crippen molar-refractivity contribution in [2.24, 2.45) is 0 Å². The third kappa shape index (κ3) is 2.20. The maximum absolute atomic E-state index is 12.9. The molecule has 2 aromatic rings. The van der Waals surface area contributed by atoms with Crippen LogP contribution in [0.2, 0.25) is 0 Å². The first kappa shape index (κ1) is 12.2. The number of halogens is 2. The lowest BCUT2D eigenvalue weighted by Crippen LogP contribution is -2.09. The van der Waals surface area contributed by atoms with E-state index in [1.165, 1.54) is 36.7 Å². The van der Waals surface area contributed by atoms with Crippen molar-refractivity contribution in [3.63, 3.8) is 0 Å². The Bertz CT molecular complexity index is 570. The highest BCUT2D eigenvalue weighted by Gasteiger charge is 2.21. The van der Waals surface area contributed by atoms with Crippen LogP contribution in [-0.4, -0.2) is 10.8 Å². The highest BCUT2D eigenvalue weighted by Crippen LogP contribution is 2.28. The third-order valence-electron chi connectivity index (χ3n) is 2.51. The van der Waals surface area contributed by atoms with Gasteiger partial charge in [-0.2, -0.15) is 0 Å². The van der Waals surface area contributed by atoms with Gasteiger partial charge in [-0.3, -0.25) is 9.78 Å². The largest absolute Gasteiger partial charge is 0.398 e. The van der Waals surface area contributed by atoms with Crippen molar-refractivity contribution in [1.82, 2.24) is 4.98 Å². The van der Waals surface area contributed by atoms with Crippen LogP contribution >= 0.6 is 0 Å². The SMILES string of the molecule is Nc1cccc(C(F)F)c1C(=O)c1cccnc1. The highest BCUT2D eigenvalue weighted by atomic mass is 19.3. The van der Waals surface area contributed by atoms with Gasteiger partial charge < -0.3 is 5.73 Å². The van der Waals surface area contributed by atoms with E-state index in [2.05, 4.69) is 4.98 Å². The summed E-state index contributed by atoms with van der Waals surface area (Å²) in [6.45, 7) is 0. The third-order valence-corrected chi connectivity index (χ3v) is 2.51. The molecule has 0 unspecified atom stereocenters. The molecule has 0 aliphatic heterocycles. The molecule has 2 rings (SSSR count). The van der Waals surface area contributed by atoms with E-state index in [4.69, 9.17) is 5.73 Å². The van der Waals surface area contributed by atoms with Crippen LogP contribution in [0.3, 0.4) is 0 Å². The molecule has 1 heterocycles. The van der Waals surface area contributed by atoms with Crippen molar-refractivity contribution in [1.29, 1.82) is 0 Å². The number of pyridine rings is 1. The molecule has 3 nitrogen and oxygen atoms in total. The lowest BCUT2D eigenvalue weighted by atomic mass is 9.98. The molecule has 0 spiro atoms. The number of rotatable bonds is 3. The second-order valence-electron chi connectivity index (χ2n) is 3.68. The summed E-state index contributed by atoms with van der Waals surface area (Å²) in [6.07, 6.45) is 0.0764. The Balaban J connectivity index is 2.54. The summed E-state index contributed by atoms with van der Waals surface area (Å²) in [5, 5.41) is 0. The first-order valence-electron chi connectivity index (χ1n) is 5.22. The number of alkyl halides is 2. The maximum Gasteiger partial charge on any atom is 0.264 e. The predicted octanol–water partition coefficient (Wildman–Crippen LogP) is 2.83. The van der Waals surface area contributed by atoms with Crippen LogP contribution in [0.5, 0.6) is 0 Å². The van der Waals surface area contributed by atoms with Gasteiger partial charge in [0.1, 0.15) is 0 Å². The van der Waals surface area contributed by atoms with Gasteiger partial charge in [-0.1, -0.05) is 12.1 Å². The number of anilines is 1. The minimum atomic E-state index is -2.75. The van der Waals surface area contributed by atoms with E-state index >= 15 is 0 Å². The summed E-state index contributed by atoms with van der Waals surface area (Å²) in [7, 11) is 0. The van der Waals surface area contributed by atoms with Crippen LogP contribution in [-0.2, 0) is 0 Å². The molecule has 0 fully saturated rings. The molecule has 1 aromatic heterocycles. The number of nitrogen functional groups attached to an aromatic ring is 1. The van der Waals surface area contributed by atoms with E-state index in [9.17, 15) is 13.6 Å². The summed E-state index contributed by atoms with van der Waals surface area (Å²) in [5.41, 5.74) is 5.39. The minimum absolute atomic E-state index is 0.0432. The Morgan fingerprint density at radius 3 is 2.61 bits per heavy atom. The molecular weight excluding hydrogens is 238 g/mol. The summed E-state index contributed by atoms with van der Waals surface area (Å²) >= 11 is 0. The number of benzene rings is 1. The Morgan fingerprint density at radius 2 is 2.00 bits per heavy atom. The molecule has 0 saturated carbocycles. The fourth-order valence-corrected chi connectivity index (χ4v) is 1.67. The molecule has 92 valence electrons. The van der Waals surface area contributed by atoms with Gasteiger partial charge in [0, 0.05) is 29.2 Å². The van der Waals surface area contributed by atoms with Crippen molar-refractivity contribution in [2.45, 2.75) is 6.43 Å². The average molecular weight is 248 g/mol. The second kappa shape index (κ2) is 4.91. The minimum Gasteiger partial charge on any atom is -0.398 e. The quantitative estimate of drug-likeness (QED) is 0.671. The van der Waals surface area contributed by atoms with Gasteiger partial charge in [-0.05, 0) is 18.2 Å². The van der Waals surface area contributed by atoms with Gasteiger partial charge in [0.25, 0.3) is 6.43 Å². The number of carbonyl (C=O) groups is 1. The molecule has 0 amide bonds. The van der Waals surface area contributed by atoms with Crippen LogP contribution in [0.1, 0.15) is 27.9 Å². The van der Waals surface area contributed by atoms with Gasteiger partial charge in [0.05, 0.1) is 5.56 Å². The van der Waals surface area contributed by atoms with Gasteiger partial charge >= 0.3 is 0 Å². The molecule has 0 radical (unpaired) electrons. The first-order chi connectivity index (χ1) is 8.61. The molecule has 0 atom stereocenters. The Kier molecular flexibility index (Phi) is 3.32. The van der Waals surface area contributed by atoms with E-state index in [1.54, 1.807) is 6.07 Å². The van der Waals surface area contributed by atoms with Crippen LogP contribution in [0.4, 0.5) is 14.5 Å². The standard InChI is InChI=1S/C13H10F2N2O/c14-13(15)9-4-1-5-10(16)11(9)12(18)8-3-2-6-17-7-8/h1-7,13H,16H2. The number of aromatic nitrogens is 1. The topological polar surface area (TPSA) is 56.0 Å². The summed E-state index contributed by atoms with van der Waals surface area (Å²) in [4.78, 5) is 15.9. The smallest absolute Gasteiger partial charge is 0.264 e. The van der Waals surface area contributed by atoms with Crippen molar-refractivity contribution in [3.05, 3.63) is 59.4 Å². The van der Waals surface area contributed by atoms with Crippen LogP contribution in [0.25, 0.3) is 0 Å². The van der Waals surface area contributed by atoms with Crippen LogP contribution < -0.4 is 5.73 Å². The number of carbonyl (C=O) groups excluding carboxylic acids is 1. The fraction of sp³-hybridized carbons (Fsp3) is 0.0769. The molecule has 0 saturated heterocycles. The molecule has 2 N–H and O–H groups in total. The van der Waals surface area contributed by atoms with Crippen molar-refractivity contribution < 1.29 is 13.6 Å². The molecule has 5 heteroatoms. The predicted molar refractivity (Wildman–Crippen MR) is 63.5 cm³/mol. The Hall–Kier alpha value is -2.30. The van der Waals surface area contributed by atoms with Gasteiger partial charge in [-0.25, -0.2) is 8.78 Å². The number of nitrogens with two attached hydrogens (primary N) is 1. The van der Waals surface area contributed by atoms with Crippen LogP contribution in [0, 0.1) is 0 Å². The van der Waals surface area contributed by atoms with Gasteiger partial charge in [0.2, 0.25) is 0 Å². The van der Waals surface area contributed by atoms with E-state index in [1.807, 2.05) is 0 Å². The summed E-state index contributed by atoms with van der Waals surface area (Å²) < 4.78 is 25.7. The van der Waals surface area contributed by atoms with E-state index < -0.39 is 12.2 Å². The Labute approximate surface area is 102 Å². The van der Waals surface area contributed by atoms with Crippen molar-refractivity contribution >= 4 is 11.5 Å².